The number of pyridine rings is 1. The molecule has 3 rings (SSSR count). The average Bonchev–Trinajstić information content (AvgIpc) is 3.11. The van der Waals surface area contributed by atoms with Crippen molar-refractivity contribution in [2.75, 3.05) is 6.61 Å². The van der Waals surface area contributed by atoms with E-state index < -0.39 is 5.82 Å². The van der Waals surface area contributed by atoms with Crippen molar-refractivity contribution in [1.82, 2.24) is 10.3 Å². The molecule has 1 amide bonds. The molecule has 1 aromatic carbocycles. The Morgan fingerprint density at radius 2 is 2.15 bits per heavy atom. The van der Waals surface area contributed by atoms with Crippen molar-refractivity contribution in [1.29, 1.82) is 0 Å². The Labute approximate surface area is 151 Å². The van der Waals surface area contributed by atoms with Gasteiger partial charge in [0.1, 0.15) is 11.6 Å². The number of carbonyl (C=O) groups is 1. The molecule has 0 fully saturated rings. The zero-order valence-corrected chi connectivity index (χ0v) is 14.9. The molecule has 2 N–H and O–H groups in total. The second-order valence-corrected chi connectivity index (χ2v) is 6.51. The fraction of sp³-hybridized carbons (Fsp3) is 0.400. The van der Waals surface area contributed by atoms with E-state index in [1.54, 1.807) is 18.3 Å². The lowest BCUT2D eigenvalue weighted by Gasteiger charge is -2.09. The van der Waals surface area contributed by atoms with E-state index in [2.05, 4.69) is 10.3 Å². The molecule has 0 aliphatic heterocycles. The van der Waals surface area contributed by atoms with Gasteiger partial charge >= 0.3 is 0 Å². The molecule has 26 heavy (non-hydrogen) atoms. The Balaban J connectivity index is 1.59. The first-order valence-electron chi connectivity index (χ1n) is 8.98. The SMILES string of the molecule is CCCOc1ccc(CNC(=O)Cc2c[nH]c3c(c2=O)CCC3)c(F)c1. The normalized spacial score (nSPS) is 12.7. The van der Waals surface area contributed by atoms with E-state index in [4.69, 9.17) is 4.74 Å². The summed E-state index contributed by atoms with van der Waals surface area (Å²) >= 11 is 0. The zero-order chi connectivity index (χ0) is 18.5. The molecule has 0 radical (unpaired) electrons. The molecule has 0 spiro atoms. The first kappa shape index (κ1) is 18.2. The Hall–Kier alpha value is -2.63. The van der Waals surface area contributed by atoms with Gasteiger partial charge in [-0.15, -0.1) is 0 Å². The number of amides is 1. The second-order valence-electron chi connectivity index (χ2n) is 6.51. The number of carbonyl (C=O) groups excluding carboxylic acids is 1. The number of H-pyrrole nitrogens is 1. The zero-order valence-electron chi connectivity index (χ0n) is 14.9. The molecule has 1 aromatic heterocycles. The molecule has 138 valence electrons. The van der Waals surface area contributed by atoms with Gasteiger partial charge in [0.05, 0.1) is 13.0 Å². The highest BCUT2D eigenvalue weighted by atomic mass is 19.1. The van der Waals surface area contributed by atoms with Gasteiger partial charge in [0, 0.05) is 41.2 Å². The number of hydrogen-bond acceptors (Lipinski definition) is 3. The molecule has 0 atom stereocenters. The third-order valence-electron chi connectivity index (χ3n) is 4.53. The van der Waals surface area contributed by atoms with Crippen molar-refractivity contribution in [2.45, 2.75) is 45.6 Å². The van der Waals surface area contributed by atoms with Crippen LogP contribution in [-0.4, -0.2) is 17.5 Å². The minimum absolute atomic E-state index is 0.0120. The molecule has 1 heterocycles. The Morgan fingerprint density at radius 1 is 1.31 bits per heavy atom. The highest BCUT2D eigenvalue weighted by Gasteiger charge is 2.18. The van der Waals surface area contributed by atoms with Gasteiger partial charge in [0.2, 0.25) is 5.91 Å². The van der Waals surface area contributed by atoms with Gasteiger partial charge in [-0.1, -0.05) is 13.0 Å². The van der Waals surface area contributed by atoms with Gasteiger partial charge in [-0.2, -0.15) is 0 Å². The van der Waals surface area contributed by atoms with Gasteiger partial charge in [-0.25, -0.2) is 4.39 Å². The second kappa shape index (κ2) is 8.17. The molecule has 5 nitrogen and oxygen atoms in total. The van der Waals surface area contributed by atoms with Crippen LogP contribution in [-0.2, 0) is 30.6 Å². The van der Waals surface area contributed by atoms with Crippen molar-refractivity contribution in [3.05, 3.63) is 62.8 Å². The van der Waals surface area contributed by atoms with Crippen molar-refractivity contribution in [2.24, 2.45) is 0 Å². The van der Waals surface area contributed by atoms with Crippen LogP contribution in [0.3, 0.4) is 0 Å². The quantitative estimate of drug-likeness (QED) is 0.799. The number of benzene rings is 1. The third kappa shape index (κ3) is 4.12. The van der Waals surface area contributed by atoms with Crippen LogP contribution in [0.1, 0.15) is 42.1 Å². The molecule has 0 unspecified atom stereocenters. The molecular formula is C20H23FN2O3. The first-order valence-corrected chi connectivity index (χ1v) is 8.98. The minimum Gasteiger partial charge on any atom is -0.494 e. The first-order chi connectivity index (χ1) is 12.6. The number of rotatable bonds is 7. The summed E-state index contributed by atoms with van der Waals surface area (Å²) in [5, 5.41) is 2.67. The number of aromatic nitrogens is 1. The summed E-state index contributed by atoms with van der Waals surface area (Å²) in [7, 11) is 0. The number of fused-ring (bicyclic) bond motifs is 1. The smallest absolute Gasteiger partial charge is 0.224 e. The van der Waals surface area contributed by atoms with Crippen molar-refractivity contribution < 1.29 is 13.9 Å². The average molecular weight is 358 g/mol. The lowest BCUT2D eigenvalue weighted by molar-refractivity contribution is -0.120. The van der Waals surface area contributed by atoms with E-state index in [0.717, 1.165) is 36.9 Å². The Kier molecular flexibility index (Phi) is 5.71. The number of aromatic amines is 1. The summed E-state index contributed by atoms with van der Waals surface area (Å²) in [6.07, 6.45) is 5.07. The van der Waals surface area contributed by atoms with Crippen LogP contribution < -0.4 is 15.5 Å². The maximum absolute atomic E-state index is 14.1. The Bertz CT molecular complexity index is 861. The van der Waals surface area contributed by atoms with Crippen LogP contribution in [0.2, 0.25) is 0 Å². The molecule has 2 aromatic rings. The predicted octanol–water partition coefficient (Wildman–Crippen LogP) is 2.65. The predicted molar refractivity (Wildman–Crippen MR) is 96.8 cm³/mol. The maximum atomic E-state index is 14.1. The largest absolute Gasteiger partial charge is 0.494 e. The topological polar surface area (TPSA) is 71.2 Å². The summed E-state index contributed by atoms with van der Waals surface area (Å²) in [6, 6.07) is 4.61. The Morgan fingerprint density at radius 3 is 2.92 bits per heavy atom. The van der Waals surface area contributed by atoms with Gasteiger partial charge in [0.15, 0.2) is 5.43 Å². The van der Waals surface area contributed by atoms with Gasteiger partial charge < -0.3 is 15.0 Å². The van der Waals surface area contributed by atoms with Crippen LogP contribution in [0.4, 0.5) is 4.39 Å². The van der Waals surface area contributed by atoms with Crippen LogP contribution in [0.5, 0.6) is 5.75 Å². The number of ether oxygens (including phenoxy) is 1. The van der Waals surface area contributed by atoms with Crippen molar-refractivity contribution in [3.63, 3.8) is 0 Å². The number of hydrogen-bond donors (Lipinski definition) is 2. The van der Waals surface area contributed by atoms with Gasteiger partial charge in [0.25, 0.3) is 0 Å². The molecule has 1 aliphatic rings. The van der Waals surface area contributed by atoms with Crippen molar-refractivity contribution in [3.8, 4) is 5.75 Å². The molecule has 6 heteroatoms. The summed E-state index contributed by atoms with van der Waals surface area (Å²) in [4.78, 5) is 27.6. The summed E-state index contributed by atoms with van der Waals surface area (Å²) < 4.78 is 19.5. The minimum atomic E-state index is -0.422. The van der Waals surface area contributed by atoms with E-state index in [1.165, 1.54) is 6.07 Å². The lowest BCUT2D eigenvalue weighted by atomic mass is 10.1. The number of halogens is 1. The van der Waals surface area contributed by atoms with Crippen LogP contribution in [0, 0.1) is 5.82 Å². The highest BCUT2D eigenvalue weighted by molar-refractivity contribution is 5.78. The van der Waals surface area contributed by atoms with E-state index >= 15 is 0 Å². The van der Waals surface area contributed by atoms with Crippen molar-refractivity contribution >= 4 is 5.91 Å². The van der Waals surface area contributed by atoms with Gasteiger partial charge in [-0.3, -0.25) is 9.59 Å². The van der Waals surface area contributed by atoms with E-state index in [-0.39, 0.29) is 24.3 Å². The number of aryl methyl sites for hydroxylation is 1. The number of nitrogens with one attached hydrogen (secondary N) is 2. The monoisotopic (exact) mass is 358 g/mol. The summed E-state index contributed by atoms with van der Waals surface area (Å²) in [5.41, 5.74) is 2.56. The van der Waals surface area contributed by atoms with E-state index in [1.807, 2.05) is 6.92 Å². The molecule has 1 aliphatic carbocycles. The van der Waals surface area contributed by atoms with E-state index in [0.29, 0.717) is 23.5 Å². The lowest BCUT2D eigenvalue weighted by Crippen LogP contribution is -2.28. The maximum Gasteiger partial charge on any atom is 0.224 e. The standard InChI is InChI=1S/C20H23FN2O3/c1-2-8-26-15-7-6-13(17(21)10-15)11-23-19(24)9-14-12-22-18-5-3-4-16(18)20(14)25/h6-7,10,12H,2-5,8-9,11H2,1H3,(H,22,25)(H,23,24). The fourth-order valence-electron chi connectivity index (χ4n) is 3.13. The van der Waals surface area contributed by atoms with Gasteiger partial charge in [-0.05, 0) is 31.7 Å². The van der Waals surface area contributed by atoms with Crippen LogP contribution in [0.15, 0.2) is 29.2 Å². The molecule has 0 saturated carbocycles. The summed E-state index contributed by atoms with van der Waals surface area (Å²) in [5.74, 6) is -0.252. The molecule has 0 bridgehead atoms. The van der Waals surface area contributed by atoms with E-state index in [9.17, 15) is 14.0 Å². The molecular weight excluding hydrogens is 335 g/mol. The summed E-state index contributed by atoms with van der Waals surface area (Å²) in [6.45, 7) is 2.58. The highest BCUT2D eigenvalue weighted by Crippen LogP contribution is 2.18. The van der Waals surface area contributed by atoms with Crippen LogP contribution >= 0.6 is 0 Å². The molecule has 0 saturated heterocycles. The van der Waals surface area contributed by atoms with Crippen LogP contribution in [0.25, 0.3) is 0 Å². The fourth-order valence-corrected chi connectivity index (χ4v) is 3.13. The third-order valence-corrected chi connectivity index (χ3v) is 4.53.